The van der Waals surface area contributed by atoms with E-state index in [9.17, 15) is 4.79 Å². The van der Waals surface area contributed by atoms with Crippen LogP contribution in [0.4, 0.5) is 5.69 Å². The lowest BCUT2D eigenvalue weighted by molar-refractivity contribution is -0.130. The third-order valence-electron chi connectivity index (χ3n) is 5.18. The molecular weight excluding hydrogens is 328 g/mol. The molecule has 0 radical (unpaired) electrons. The first-order valence-electron chi connectivity index (χ1n) is 8.84. The van der Waals surface area contributed by atoms with Crippen LogP contribution in [0.25, 0.3) is 16.7 Å². The molecule has 6 heteroatoms. The number of nitrogens with two attached hydrogens (primary N) is 1. The van der Waals surface area contributed by atoms with E-state index in [1.807, 2.05) is 59.4 Å². The van der Waals surface area contributed by atoms with Crippen LogP contribution in [0.15, 0.2) is 54.9 Å². The zero-order chi connectivity index (χ0) is 18.0. The largest absolute Gasteiger partial charge is 0.381 e. The number of hydrogen-bond donors (Lipinski definition) is 2. The average Bonchev–Trinajstić information content (AvgIpc) is 3.13. The first kappa shape index (κ1) is 16.8. The maximum Gasteiger partial charge on any atom is 0.232 e. The Labute approximate surface area is 152 Å². The molecule has 1 aliphatic rings. The second-order valence-corrected chi connectivity index (χ2v) is 6.70. The van der Waals surface area contributed by atoms with E-state index in [0.717, 1.165) is 22.4 Å². The molecule has 0 aliphatic carbocycles. The number of nitrogens with zero attached hydrogens (tertiary/aromatic N) is 2. The fourth-order valence-electron chi connectivity index (χ4n) is 3.42. The second-order valence-electron chi connectivity index (χ2n) is 6.70. The van der Waals surface area contributed by atoms with Gasteiger partial charge in [0.1, 0.15) is 6.33 Å². The fraction of sp³-hybridized carbons (Fsp3) is 0.300. The van der Waals surface area contributed by atoms with E-state index >= 15 is 0 Å². The number of anilines is 1. The van der Waals surface area contributed by atoms with Crippen molar-refractivity contribution in [1.29, 1.82) is 0 Å². The number of ether oxygens (including phenoxy) is 1. The minimum absolute atomic E-state index is 0.0240. The van der Waals surface area contributed by atoms with Gasteiger partial charge in [0.05, 0.1) is 16.4 Å². The number of aromatic nitrogens is 2. The van der Waals surface area contributed by atoms with Crippen LogP contribution in [0.5, 0.6) is 0 Å². The summed E-state index contributed by atoms with van der Waals surface area (Å²) in [6, 6.07) is 15.8. The molecule has 2 heterocycles. The van der Waals surface area contributed by atoms with Gasteiger partial charge in [-0.2, -0.15) is 0 Å². The van der Waals surface area contributed by atoms with Gasteiger partial charge in [-0.25, -0.2) is 4.98 Å². The molecule has 0 bridgehead atoms. The fourth-order valence-corrected chi connectivity index (χ4v) is 3.42. The molecule has 0 atom stereocenters. The first-order chi connectivity index (χ1) is 12.7. The van der Waals surface area contributed by atoms with Crippen LogP contribution in [0.1, 0.15) is 12.8 Å². The third kappa shape index (κ3) is 2.98. The van der Waals surface area contributed by atoms with Crippen LogP contribution < -0.4 is 11.1 Å². The normalized spacial score (nSPS) is 16.5. The van der Waals surface area contributed by atoms with Gasteiger partial charge in [0.2, 0.25) is 5.91 Å². The molecule has 26 heavy (non-hydrogen) atoms. The molecule has 2 aromatic carbocycles. The van der Waals surface area contributed by atoms with E-state index in [1.54, 1.807) is 0 Å². The minimum Gasteiger partial charge on any atom is -0.381 e. The number of nitrogens with one attached hydrogen (secondary N) is 1. The topological polar surface area (TPSA) is 82.2 Å². The van der Waals surface area contributed by atoms with Crippen LogP contribution in [-0.2, 0) is 9.53 Å². The van der Waals surface area contributed by atoms with Crippen molar-refractivity contribution in [3.8, 4) is 5.69 Å². The SMILES string of the molecule is NCC1(C(=O)Nc2ccc(-n3cnc4ccccc43)cc2)CCOCC1. The number of fused-ring (bicyclic) bond motifs is 1. The van der Waals surface area contributed by atoms with Crippen molar-refractivity contribution in [1.82, 2.24) is 9.55 Å². The molecule has 1 aliphatic heterocycles. The molecule has 3 N–H and O–H groups in total. The molecule has 134 valence electrons. The Morgan fingerprint density at radius 1 is 1.15 bits per heavy atom. The van der Waals surface area contributed by atoms with Crippen molar-refractivity contribution in [3.63, 3.8) is 0 Å². The van der Waals surface area contributed by atoms with Gasteiger partial charge in [-0.05, 0) is 49.2 Å². The summed E-state index contributed by atoms with van der Waals surface area (Å²) >= 11 is 0. The van der Waals surface area contributed by atoms with E-state index in [1.165, 1.54) is 0 Å². The van der Waals surface area contributed by atoms with E-state index in [0.29, 0.717) is 32.6 Å². The van der Waals surface area contributed by atoms with Gasteiger partial charge in [0.25, 0.3) is 0 Å². The van der Waals surface area contributed by atoms with Crippen molar-refractivity contribution in [2.45, 2.75) is 12.8 Å². The molecule has 6 nitrogen and oxygen atoms in total. The van der Waals surface area contributed by atoms with Gasteiger partial charge in [0.15, 0.2) is 0 Å². The number of amides is 1. The lowest BCUT2D eigenvalue weighted by Crippen LogP contribution is -2.46. The molecule has 1 fully saturated rings. The predicted octanol–water partition coefficient (Wildman–Crippen LogP) is 2.72. The summed E-state index contributed by atoms with van der Waals surface area (Å²) in [5.74, 6) is -0.0240. The van der Waals surface area contributed by atoms with E-state index < -0.39 is 5.41 Å². The number of hydrogen-bond acceptors (Lipinski definition) is 4. The minimum atomic E-state index is -0.530. The van der Waals surface area contributed by atoms with Crippen molar-refractivity contribution in [2.75, 3.05) is 25.1 Å². The van der Waals surface area contributed by atoms with Gasteiger partial charge >= 0.3 is 0 Å². The molecular formula is C20H22N4O2. The zero-order valence-electron chi connectivity index (χ0n) is 14.5. The third-order valence-corrected chi connectivity index (χ3v) is 5.18. The van der Waals surface area contributed by atoms with Crippen LogP contribution in [0.2, 0.25) is 0 Å². The van der Waals surface area contributed by atoms with E-state index in [4.69, 9.17) is 10.5 Å². The van der Waals surface area contributed by atoms with E-state index in [-0.39, 0.29) is 5.91 Å². The molecule has 1 aromatic heterocycles. The summed E-state index contributed by atoms with van der Waals surface area (Å²) < 4.78 is 7.40. The van der Waals surface area contributed by atoms with Gasteiger partial charge in [0, 0.05) is 31.1 Å². The van der Waals surface area contributed by atoms with Crippen molar-refractivity contribution < 1.29 is 9.53 Å². The van der Waals surface area contributed by atoms with Crippen molar-refractivity contribution in [3.05, 3.63) is 54.9 Å². The highest BCUT2D eigenvalue weighted by molar-refractivity contribution is 5.95. The smallest absolute Gasteiger partial charge is 0.232 e. The molecule has 0 unspecified atom stereocenters. The standard InChI is InChI=1S/C20H22N4O2/c21-13-20(9-11-26-12-10-20)19(25)23-15-5-7-16(8-6-15)24-14-22-17-3-1-2-4-18(17)24/h1-8,14H,9-13,21H2,(H,23,25). The summed E-state index contributed by atoms with van der Waals surface area (Å²) in [4.78, 5) is 17.2. The summed E-state index contributed by atoms with van der Waals surface area (Å²) in [5.41, 5.74) is 9.14. The monoisotopic (exact) mass is 350 g/mol. The summed E-state index contributed by atoms with van der Waals surface area (Å²) in [6.45, 7) is 1.50. The Morgan fingerprint density at radius 3 is 2.62 bits per heavy atom. The average molecular weight is 350 g/mol. The number of para-hydroxylation sites is 2. The van der Waals surface area contributed by atoms with Gasteiger partial charge in [-0.3, -0.25) is 9.36 Å². The van der Waals surface area contributed by atoms with Crippen LogP contribution in [-0.4, -0.2) is 35.2 Å². The second kappa shape index (κ2) is 6.90. The van der Waals surface area contributed by atoms with Gasteiger partial charge in [-0.15, -0.1) is 0 Å². The number of carbonyl (C=O) groups excluding carboxylic acids is 1. The lowest BCUT2D eigenvalue weighted by Gasteiger charge is -2.34. The molecule has 1 amide bonds. The highest BCUT2D eigenvalue weighted by Gasteiger charge is 2.38. The molecule has 1 saturated heterocycles. The van der Waals surface area contributed by atoms with Crippen molar-refractivity contribution in [2.24, 2.45) is 11.1 Å². The highest BCUT2D eigenvalue weighted by Crippen LogP contribution is 2.31. The van der Waals surface area contributed by atoms with Gasteiger partial charge < -0.3 is 15.8 Å². The summed E-state index contributed by atoms with van der Waals surface area (Å²) in [6.07, 6.45) is 3.13. The summed E-state index contributed by atoms with van der Waals surface area (Å²) in [7, 11) is 0. The molecule has 3 aromatic rings. The zero-order valence-corrected chi connectivity index (χ0v) is 14.5. The molecule has 4 rings (SSSR count). The number of rotatable bonds is 4. The number of benzene rings is 2. The Kier molecular flexibility index (Phi) is 4.44. The maximum absolute atomic E-state index is 12.7. The lowest BCUT2D eigenvalue weighted by atomic mass is 9.79. The Morgan fingerprint density at radius 2 is 1.88 bits per heavy atom. The van der Waals surface area contributed by atoms with Crippen LogP contribution >= 0.6 is 0 Å². The quantitative estimate of drug-likeness (QED) is 0.758. The maximum atomic E-state index is 12.7. The Bertz CT molecular complexity index is 911. The number of carbonyl (C=O) groups is 1. The Balaban J connectivity index is 1.54. The van der Waals surface area contributed by atoms with Crippen LogP contribution in [0, 0.1) is 5.41 Å². The highest BCUT2D eigenvalue weighted by atomic mass is 16.5. The van der Waals surface area contributed by atoms with Crippen LogP contribution in [0.3, 0.4) is 0 Å². The Hall–Kier alpha value is -2.70. The van der Waals surface area contributed by atoms with E-state index in [2.05, 4.69) is 10.3 Å². The molecule has 0 saturated carbocycles. The van der Waals surface area contributed by atoms with Gasteiger partial charge in [-0.1, -0.05) is 12.1 Å². The van der Waals surface area contributed by atoms with Crippen molar-refractivity contribution >= 4 is 22.6 Å². The molecule has 0 spiro atoms. The predicted molar refractivity (Wildman–Crippen MR) is 101 cm³/mol. The first-order valence-corrected chi connectivity index (χ1v) is 8.84. The summed E-state index contributed by atoms with van der Waals surface area (Å²) in [5, 5.41) is 3.01. The number of imidazole rings is 1.